The van der Waals surface area contributed by atoms with Crippen LogP contribution >= 0.6 is 0 Å². The Morgan fingerprint density at radius 2 is 2.10 bits per heavy atom. The Labute approximate surface area is 117 Å². The average Bonchev–Trinajstić information content (AvgIpc) is 2.94. The van der Waals surface area contributed by atoms with Gasteiger partial charge in [0.05, 0.1) is 0 Å². The molecule has 0 saturated carbocycles. The maximum absolute atomic E-state index is 11.9. The predicted molar refractivity (Wildman–Crippen MR) is 73.4 cm³/mol. The maximum Gasteiger partial charge on any atom is 0.326 e. The zero-order chi connectivity index (χ0) is 14.5. The largest absolute Gasteiger partial charge is 0.480 e. The Balaban J connectivity index is 1.98. The molecule has 0 spiro atoms. The van der Waals surface area contributed by atoms with E-state index in [4.69, 9.17) is 4.74 Å². The molecule has 108 valence electrons. The van der Waals surface area contributed by atoms with Crippen LogP contribution in [0.25, 0.3) is 0 Å². The number of benzene rings is 1. The Morgan fingerprint density at radius 1 is 1.40 bits per heavy atom. The summed E-state index contributed by atoms with van der Waals surface area (Å²) in [6.07, 6.45) is 1.26. The Morgan fingerprint density at radius 3 is 2.65 bits per heavy atom. The molecule has 0 aromatic heterocycles. The number of hydrogen-bond donors (Lipinski definition) is 2. The highest BCUT2D eigenvalue weighted by Crippen LogP contribution is 2.13. The van der Waals surface area contributed by atoms with E-state index in [2.05, 4.69) is 5.32 Å². The SMILES string of the molecule is Cc1ccc(C[C@H](NC(=O)[C@@H]2CCCO2)C(=O)O)cc1. The summed E-state index contributed by atoms with van der Waals surface area (Å²) in [4.78, 5) is 23.2. The smallest absolute Gasteiger partial charge is 0.326 e. The monoisotopic (exact) mass is 277 g/mol. The topological polar surface area (TPSA) is 75.6 Å². The van der Waals surface area contributed by atoms with Gasteiger partial charge < -0.3 is 15.2 Å². The number of aryl methyl sites for hydroxylation is 1. The molecule has 1 aromatic carbocycles. The minimum atomic E-state index is -1.03. The average molecular weight is 277 g/mol. The minimum absolute atomic E-state index is 0.272. The van der Waals surface area contributed by atoms with Crippen molar-refractivity contribution in [2.75, 3.05) is 6.61 Å². The molecule has 1 aromatic rings. The van der Waals surface area contributed by atoms with Crippen LogP contribution in [0.3, 0.4) is 0 Å². The van der Waals surface area contributed by atoms with E-state index < -0.39 is 18.1 Å². The van der Waals surface area contributed by atoms with Crippen molar-refractivity contribution in [1.29, 1.82) is 0 Å². The Bertz CT molecular complexity index is 477. The van der Waals surface area contributed by atoms with Gasteiger partial charge in [0.1, 0.15) is 12.1 Å². The van der Waals surface area contributed by atoms with Gasteiger partial charge >= 0.3 is 5.97 Å². The molecule has 0 aliphatic carbocycles. The highest BCUT2D eigenvalue weighted by atomic mass is 16.5. The highest BCUT2D eigenvalue weighted by Gasteiger charge is 2.28. The van der Waals surface area contributed by atoms with Crippen LogP contribution in [-0.2, 0) is 20.7 Å². The lowest BCUT2D eigenvalue weighted by Crippen LogP contribution is -2.46. The second-order valence-electron chi connectivity index (χ2n) is 5.09. The number of rotatable bonds is 5. The fourth-order valence-corrected chi connectivity index (χ4v) is 2.21. The molecule has 0 radical (unpaired) electrons. The summed E-state index contributed by atoms with van der Waals surface area (Å²) in [5.41, 5.74) is 2.00. The molecule has 0 bridgehead atoms. The molecule has 2 N–H and O–H groups in total. The van der Waals surface area contributed by atoms with Gasteiger partial charge in [-0.2, -0.15) is 0 Å². The van der Waals surface area contributed by atoms with Gasteiger partial charge in [-0.15, -0.1) is 0 Å². The van der Waals surface area contributed by atoms with Gasteiger partial charge in [-0.3, -0.25) is 4.79 Å². The van der Waals surface area contributed by atoms with Gasteiger partial charge in [-0.25, -0.2) is 4.79 Å². The zero-order valence-electron chi connectivity index (χ0n) is 11.5. The zero-order valence-corrected chi connectivity index (χ0v) is 11.5. The normalized spacial score (nSPS) is 19.6. The molecule has 20 heavy (non-hydrogen) atoms. The van der Waals surface area contributed by atoms with E-state index in [9.17, 15) is 14.7 Å². The van der Waals surface area contributed by atoms with Gasteiger partial charge in [0.25, 0.3) is 0 Å². The van der Waals surface area contributed by atoms with Gasteiger partial charge in [0.15, 0.2) is 0 Å². The fraction of sp³-hybridized carbons (Fsp3) is 0.467. The third kappa shape index (κ3) is 3.81. The van der Waals surface area contributed by atoms with E-state index in [1.807, 2.05) is 31.2 Å². The molecular formula is C15H19NO4. The third-order valence-corrected chi connectivity index (χ3v) is 3.40. The van der Waals surface area contributed by atoms with Crippen molar-refractivity contribution in [3.05, 3.63) is 35.4 Å². The van der Waals surface area contributed by atoms with Crippen molar-refractivity contribution in [3.63, 3.8) is 0 Å². The molecule has 2 rings (SSSR count). The van der Waals surface area contributed by atoms with Gasteiger partial charge in [-0.05, 0) is 25.3 Å². The second-order valence-corrected chi connectivity index (χ2v) is 5.09. The number of carbonyl (C=O) groups excluding carboxylic acids is 1. The van der Waals surface area contributed by atoms with Crippen LogP contribution in [0.5, 0.6) is 0 Å². The van der Waals surface area contributed by atoms with Gasteiger partial charge in [0.2, 0.25) is 5.91 Å². The summed E-state index contributed by atoms with van der Waals surface area (Å²) in [5.74, 6) is -1.36. The number of amides is 1. The lowest BCUT2D eigenvalue weighted by atomic mass is 10.0. The first-order valence-corrected chi connectivity index (χ1v) is 6.76. The van der Waals surface area contributed by atoms with Gasteiger partial charge in [-0.1, -0.05) is 29.8 Å². The van der Waals surface area contributed by atoms with E-state index in [1.165, 1.54) is 0 Å². The van der Waals surface area contributed by atoms with Crippen LogP contribution in [0.15, 0.2) is 24.3 Å². The van der Waals surface area contributed by atoms with E-state index in [0.29, 0.717) is 13.0 Å². The number of carboxylic acids is 1. The van der Waals surface area contributed by atoms with Crippen LogP contribution in [-0.4, -0.2) is 35.7 Å². The molecule has 0 unspecified atom stereocenters. The van der Waals surface area contributed by atoms with Crippen molar-refractivity contribution in [2.45, 2.75) is 38.3 Å². The lowest BCUT2D eigenvalue weighted by molar-refractivity contribution is -0.143. The van der Waals surface area contributed by atoms with E-state index in [-0.39, 0.29) is 12.3 Å². The molecule has 5 heteroatoms. The molecule has 2 atom stereocenters. The summed E-state index contributed by atoms with van der Waals surface area (Å²) >= 11 is 0. The minimum Gasteiger partial charge on any atom is -0.480 e. The van der Waals surface area contributed by atoms with Crippen molar-refractivity contribution in [2.24, 2.45) is 0 Å². The molecule has 1 amide bonds. The van der Waals surface area contributed by atoms with Crippen LogP contribution < -0.4 is 5.32 Å². The quantitative estimate of drug-likeness (QED) is 0.850. The summed E-state index contributed by atoms with van der Waals surface area (Å²) in [6, 6.07) is 6.69. The number of ether oxygens (including phenoxy) is 1. The Hall–Kier alpha value is -1.88. The summed E-state index contributed by atoms with van der Waals surface area (Å²) < 4.78 is 5.26. The first kappa shape index (κ1) is 14.5. The third-order valence-electron chi connectivity index (χ3n) is 3.40. The summed E-state index contributed by atoms with van der Waals surface area (Å²) in [6.45, 7) is 2.53. The van der Waals surface area contributed by atoms with E-state index in [1.54, 1.807) is 0 Å². The predicted octanol–water partition coefficient (Wildman–Crippen LogP) is 1.29. The molecule has 1 fully saturated rings. The number of carbonyl (C=O) groups is 2. The van der Waals surface area contributed by atoms with Gasteiger partial charge in [0, 0.05) is 13.0 Å². The summed E-state index contributed by atoms with van der Waals surface area (Å²) in [7, 11) is 0. The van der Waals surface area contributed by atoms with Crippen molar-refractivity contribution >= 4 is 11.9 Å². The molecule has 5 nitrogen and oxygen atoms in total. The van der Waals surface area contributed by atoms with Crippen LogP contribution in [0, 0.1) is 6.92 Å². The van der Waals surface area contributed by atoms with Crippen LogP contribution in [0.1, 0.15) is 24.0 Å². The van der Waals surface area contributed by atoms with Crippen LogP contribution in [0.2, 0.25) is 0 Å². The molecule has 1 aliphatic heterocycles. The lowest BCUT2D eigenvalue weighted by Gasteiger charge is -2.17. The van der Waals surface area contributed by atoms with E-state index in [0.717, 1.165) is 17.5 Å². The fourth-order valence-electron chi connectivity index (χ4n) is 2.21. The number of hydrogen-bond acceptors (Lipinski definition) is 3. The number of carboxylic acid groups (broad SMARTS) is 1. The highest BCUT2D eigenvalue weighted by molar-refractivity contribution is 5.86. The number of nitrogens with one attached hydrogen (secondary N) is 1. The number of aliphatic carboxylic acids is 1. The van der Waals surface area contributed by atoms with Crippen molar-refractivity contribution < 1.29 is 19.4 Å². The Kier molecular flexibility index (Phi) is 4.74. The molecule has 1 heterocycles. The molecule has 1 aliphatic rings. The van der Waals surface area contributed by atoms with Crippen LogP contribution in [0.4, 0.5) is 0 Å². The maximum atomic E-state index is 11.9. The first-order valence-electron chi connectivity index (χ1n) is 6.76. The van der Waals surface area contributed by atoms with E-state index >= 15 is 0 Å². The standard InChI is InChI=1S/C15H19NO4/c1-10-4-6-11(7-5-10)9-12(15(18)19)16-14(17)13-3-2-8-20-13/h4-7,12-13H,2-3,8-9H2,1H3,(H,16,17)(H,18,19)/t12-,13-/m0/s1. The second kappa shape index (κ2) is 6.52. The molecular weight excluding hydrogens is 258 g/mol. The van der Waals surface area contributed by atoms with Crippen molar-refractivity contribution in [1.82, 2.24) is 5.32 Å². The summed E-state index contributed by atoms with van der Waals surface area (Å²) in [5, 5.41) is 11.8. The van der Waals surface area contributed by atoms with Crippen molar-refractivity contribution in [3.8, 4) is 0 Å². The first-order chi connectivity index (χ1) is 9.56. The molecule has 1 saturated heterocycles.